The van der Waals surface area contributed by atoms with Crippen LogP contribution in [0.15, 0.2) is 30.3 Å². The van der Waals surface area contributed by atoms with Crippen molar-refractivity contribution in [3.63, 3.8) is 0 Å². The van der Waals surface area contributed by atoms with Gasteiger partial charge in [-0.15, -0.1) is 0 Å². The van der Waals surface area contributed by atoms with Crippen LogP contribution in [-0.2, 0) is 0 Å². The van der Waals surface area contributed by atoms with Gasteiger partial charge in [-0.25, -0.2) is 0 Å². The summed E-state index contributed by atoms with van der Waals surface area (Å²) in [5.41, 5.74) is 1.60. The lowest BCUT2D eigenvalue weighted by Gasteiger charge is -2.32. The molecule has 1 unspecified atom stereocenters. The van der Waals surface area contributed by atoms with Crippen LogP contribution in [0.2, 0.25) is 0 Å². The molecule has 18 heavy (non-hydrogen) atoms. The first-order valence-electron chi connectivity index (χ1n) is 6.99. The predicted molar refractivity (Wildman–Crippen MR) is 77.7 cm³/mol. The number of nitrogens with zero attached hydrogens (tertiary/aromatic N) is 1. The molecule has 0 saturated heterocycles. The SMILES string of the molecule is CN(C1CC1)C(CNC(C)(C)C)c1ccccc1. The molecule has 0 spiro atoms. The second-order valence-electron chi connectivity index (χ2n) is 6.45. The minimum Gasteiger partial charge on any atom is -0.310 e. The van der Waals surface area contributed by atoms with Gasteiger partial charge in [0.05, 0.1) is 0 Å². The average molecular weight is 246 g/mol. The van der Waals surface area contributed by atoms with Crippen molar-refractivity contribution in [3.8, 4) is 0 Å². The van der Waals surface area contributed by atoms with Gasteiger partial charge in [0.15, 0.2) is 0 Å². The highest BCUT2D eigenvalue weighted by molar-refractivity contribution is 5.20. The Kier molecular flexibility index (Phi) is 4.08. The zero-order valence-electron chi connectivity index (χ0n) is 12.1. The number of benzene rings is 1. The molecule has 1 aliphatic rings. The number of nitrogens with one attached hydrogen (secondary N) is 1. The summed E-state index contributed by atoms with van der Waals surface area (Å²) in [7, 11) is 2.26. The third-order valence-corrected chi connectivity index (χ3v) is 3.62. The summed E-state index contributed by atoms with van der Waals surface area (Å²) >= 11 is 0. The Morgan fingerprint density at radius 1 is 1.22 bits per heavy atom. The van der Waals surface area contributed by atoms with E-state index in [-0.39, 0.29) is 5.54 Å². The predicted octanol–water partition coefficient (Wildman–Crippen LogP) is 3.21. The molecule has 1 fully saturated rings. The second kappa shape index (κ2) is 5.41. The lowest BCUT2D eigenvalue weighted by atomic mass is 10.0. The van der Waals surface area contributed by atoms with Gasteiger partial charge < -0.3 is 5.32 Å². The highest BCUT2D eigenvalue weighted by Gasteiger charge is 2.32. The summed E-state index contributed by atoms with van der Waals surface area (Å²) in [6.45, 7) is 7.70. The molecule has 0 bridgehead atoms. The third-order valence-electron chi connectivity index (χ3n) is 3.62. The molecule has 2 heteroatoms. The van der Waals surface area contributed by atoms with Crippen molar-refractivity contribution < 1.29 is 0 Å². The Hall–Kier alpha value is -0.860. The van der Waals surface area contributed by atoms with E-state index in [0.717, 1.165) is 12.6 Å². The minimum atomic E-state index is 0.178. The molecule has 0 amide bonds. The van der Waals surface area contributed by atoms with E-state index in [0.29, 0.717) is 6.04 Å². The molecule has 0 heterocycles. The van der Waals surface area contributed by atoms with Crippen molar-refractivity contribution >= 4 is 0 Å². The van der Waals surface area contributed by atoms with Crippen LogP contribution in [0, 0.1) is 0 Å². The molecule has 1 N–H and O–H groups in total. The lowest BCUT2D eigenvalue weighted by molar-refractivity contribution is 0.214. The molecule has 1 aromatic carbocycles. The van der Waals surface area contributed by atoms with Crippen LogP contribution in [0.25, 0.3) is 0 Å². The zero-order valence-corrected chi connectivity index (χ0v) is 12.1. The molecule has 2 nitrogen and oxygen atoms in total. The van der Waals surface area contributed by atoms with Crippen molar-refractivity contribution in [1.29, 1.82) is 0 Å². The normalized spacial score (nSPS) is 18.1. The number of hydrogen-bond acceptors (Lipinski definition) is 2. The van der Waals surface area contributed by atoms with Gasteiger partial charge in [-0.2, -0.15) is 0 Å². The zero-order chi connectivity index (χ0) is 13.2. The van der Waals surface area contributed by atoms with Gasteiger partial charge >= 0.3 is 0 Å². The Labute approximate surface area is 111 Å². The molecule has 100 valence electrons. The third kappa shape index (κ3) is 3.82. The van der Waals surface area contributed by atoms with E-state index in [4.69, 9.17) is 0 Å². The molecule has 1 saturated carbocycles. The topological polar surface area (TPSA) is 15.3 Å². The molecule has 0 aromatic heterocycles. The molecular formula is C16H26N2. The molecule has 1 aromatic rings. The Bertz CT molecular complexity index is 362. The maximum absolute atomic E-state index is 3.64. The highest BCUT2D eigenvalue weighted by atomic mass is 15.2. The molecule has 0 radical (unpaired) electrons. The van der Waals surface area contributed by atoms with Crippen molar-refractivity contribution in [2.75, 3.05) is 13.6 Å². The van der Waals surface area contributed by atoms with Crippen LogP contribution in [0.3, 0.4) is 0 Å². The van der Waals surface area contributed by atoms with E-state index >= 15 is 0 Å². The number of hydrogen-bond donors (Lipinski definition) is 1. The van der Waals surface area contributed by atoms with Crippen LogP contribution in [0.4, 0.5) is 0 Å². The van der Waals surface area contributed by atoms with Crippen LogP contribution >= 0.6 is 0 Å². The van der Waals surface area contributed by atoms with Gasteiger partial charge in [0, 0.05) is 24.2 Å². The Balaban J connectivity index is 2.07. The summed E-state index contributed by atoms with van der Waals surface area (Å²) < 4.78 is 0. The molecule has 1 atom stereocenters. The average Bonchev–Trinajstić information content (AvgIpc) is 3.12. The van der Waals surface area contributed by atoms with E-state index in [9.17, 15) is 0 Å². The summed E-state index contributed by atoms with van der Waals surface area (Å²) in [5, 5.41) is 3.64. The van der Waals surface area contributed by atoms with Crippen molar-refractivity contribution in [2.45, 2.75) is 51.2 Å². The molecule has 1 aliphatic carbocycles. The van der Waals surface area contributed by atoms with Crippen LogP contribution in [0.5, 0.6) is 0 Å². The van der Waals surface area contributed by atoms with Crippen molar-refractivity contribution in [3.05, 3.63) is 35.9 Å². The quantitative estimate of drug-likeness (QED) is 0.858. The van der Waals surface area contributed by atoms with Gasteiger partial charge in [0.1, 0.15) is 0 Å². The largest absolute Gasteiger partial charge is 0.310 e. The maximum Gasteiger partial charge on any atom is 0.0472 e. The van der Waals surface area contributed by atoms with Gasteiger partial charge in [0.25, 0.3) is 0 Å². The first-order chi connectivity index (χ1) is 8.47. The number of likely N-dealkylation sites (N-methyl/N-ethyl adjacent to an activating group) is 1. The van der Waals surface area contributed by atoms with Crippen LogP contribution in [0.1, 0.15) is 45.2 Å². The van der Waals surface area contributed by atoms with E-state index in [2.05, 4.69) is 68.4 Å². The highest BCUT2D eigenvalue weighted by Crippen LogP contribution is 2.32. The second-order valence-corrected chi connectivity index (χ2v) is 6.45. The first-order valence-corrected chi connectivity index (χ1v) is 6.99. The maximum atomic E-state index is 3.64. The molecular weight excluding hydrogens is 220 g/mol. The Morgan fingerprint density at radius 2 is 1.83 bits per heavy atom. The summed E-state index contributed by atoms with van der Waals surface area (Å²) in [6, 6.07) is 12.1. The van der Waals surface area contributed by atoms with Crippen molar-refractivity contribution in [2.24, 2.45) is 0 Å². The van der Waals surface area contributed by atoms with Gasteiger partial charge in [-0.3, -0.25) is 4.90 Å². The first kappa shape index (κ1) is 13.6. The van der Waals surface area contributed by atoms with Gasteiger partial charge in [-0.05, 0) is 46.2 Å². The lowest BCUT2D eigenvalue weighted by Crippen LogP contribution is -2.42. The fourth-order valence-electron chi connectivity index (χ4n) is 2.31. The minimum absolute atomic E-state index is 0.178. The van der Waals surface area contributed by atoms with Crippen molar-refractivity contribution in [1.82, 2.24) is 10.2 Å². The summed E-state index contributed by atoms with van der Waals surface area (Å²) in [4.78, 5) is 2.54. The summed E-state index contributed by atoms with van der Waals surface area (Å²) in [6.07, 6.45) is 2.71. The fourth-order valence-corrected chi connectivity index (χ4v) is 2.31. The van der Waals surface area contributed by atoms with Gasteiger partial charge in [-0.1, -0.05) is 30.3 Å². The van der Waals surface area contributed by atoms with Crippen LogP contribution in [-0.4, -0.2) is 30.1 Å². The fraction of sp³-hybridized carbons (Fsp3) is 0.625. The van der Waals surface area contributed by atoms with E-state index in [1.54, 1.807) is 0 Å². The van der Waals surface area contributed by atoms with Crippen LogP contribution < -0.4 is 5.32 Å². The molecule has 2 rings (SSSR count). The van der Waals surface area contributed by atoms with Gasteiger partial charge in [0.2, 0.25) is 0 Å². The number of rotatable bonds is 5. The standard InChI is InChI=1S/C16H26N2/c1-16(2,3)17-12-15(18(4)14-10-11-14)13-8-6-5-7-9-13/h5-9,14-15,17H,10-12H2,1-4H3. The molecule has 0 aliphatic heterocycles. The Morgan fingerprint density at radius 3 is 2.33 bits per heavy atom. The van der Waals surface area contributed by atoms with E-state index in [1.165, 1.54) is 18.4 Å². The van der Waals surface area contributed by atoms with E-state index in [1.807, 2.05) is 0 Å². The monoisotopic (exact) mass is 246 g/mol. The smallest absolute Gasteiger partial charge is 0.0472 e. The van der Waals surface area contributed by atoms with E-state index < -0.39 is 0 Å². The summed E-state index contributed by atoms with van der Waals surface area (Å²) in [5.74, 6) is 0.